The van der Waals surface area contributed by atoms with Gasteiger partial charge in [-0.1, -0.05) is 5.16 Å². The normalized spacial score (nSPS) is 13.3. The van der Waals surface area contributed by atoms with Crippen LogP contribution in [0.4, 0.5) is 0 Å². The summed E-state index contributed by atoms with van der Waals surface area (Å²) in [7, 11) is 0. The molecule has 0 aliphatic carbocycles. The first-order chi connectivity index (χ1) is 5.61. The smallest absolute Gasteiger partial charge is 0.137 e. The van der Waals surface area contributed by atoms with Crippen LogP contribution in [0.2, 0.25) is 0 Å². The Morgan fingerprint density at radius 2 is 2.17 bits per heavy atom. The van der Waals surface area contributed by atoms with Crippen LogP contribution in [-0.4, -0.2) is 11.2 Å². The Balaban J connectivity index is 2.62. The summed E-state index contributed by atoms with van der Waals surface area (Å²) >= 11 is 0. The van der Waals surface area contributed by atoms with Crippen molar-refractivity contribution >= 4 is 0 Å². The Morgan fingerprint density at radius 1 is 1.50 bits per heavy atom. The molecule has 1 heterocycles. The van der Waals surface area contributed by atoms with Gasteiger partial charge in [0.15, 0.2) is 0 Å². The Bertz CT molecular complexity index is 234. The van der Waals surface area contributed by atoms with Crippen molar-refractivity contribution in [3.63, 3.8) is 0 Å². The molecule has 1 aromatic rings. The van der Waals surface area contributed by atoms with Gasteiger partial charge in [0.25, 0.3) is 0 Å². The van der Waals surface area contributed by atoms with Gasteiger partial charge in [0.1, 0.15) is 5.76 Å². The van der Waals surface area contributed by atoms with E-state index in [2.05, 4.69) is 5.16 Å². The lowest BCUT2D eigenvalue weighted by Crippen LogP contribution is -2.15. The summed E-state index contributed by atoms with van der Waals surface area (Å²) in [5, 5.41) is 3.88. The maximum absolute atomic E-state index is 5.66. The van der Waals surface area contributed by atoms with Gasteiger partial charge in [-0.2, -0.15) is 0 Å². The largest absolute Gasteiger partial charge is 0.361 e. The number of hydrogen-bond donors (Lipinski definition) is 1. The molecule has 2 N–H and O–H groups in total. The number of hydrogen-bond acceptors (Lipinski definition) is 3. The molecule has 0 aliphatic heterocycles. The van der Waals surface area contributed by atoms with E-state index in [0.29, 0.717) is 0 Å². The van der Waals surface area contributed by atoms with E-state index in [0.717, 1.165) is 24.3 Å². The van der Waals surface area contributed by atoms with Gasteiger partial charge in [0.05, 0.1) is 5.69 Å². The third-order valence-corrected chi connectivity index (χ3v) is 2.03. The van der Waals surface area contributed by atoms with E-state index in [4.69, 9.17) is 10.3 Å². The van der Waals surface area contributed by atoms with Crippen LogP contribution in [0.3, 0.4) is 0 Å². The molecule has 0 fully saturated rings. The fourth-order valence-corrected chi connectivity index (χ4v) is 1.23. The molecule has 0 spiro atoms. The van der Waals surface area contributed by atoms with Gasteiger partial charge in [-0.25, -0.2) is 0 Å². The van der Waals surface area contributed by atoms with Crippen LogP contribution in [0.1, 0.15) is 30.4 Å². The van der Waals surface area contributed by atoms with Gasteiger partial charge < -0.3 is 10.3 Å². The summed E-state index contributed by atoms with van der Waals surface area (Å²) in [6.45, 7) is 5.92. The fourth-order valence-electron chi connectivity index (χ4n) is 1.23. The van der Waals surface area contributed by atoms with Crippen LogP contribution in [0.15, 0.2) is 4.52 Å². The first-order valence-electron chi connectivity index (χ1n) is 4.28. The number of nitrogens with two attached hydrogens (primary N) is 1. The highest BCUT2D eigenvalue weighted by Crippen LogP contribution is 2.14. The van der Waals surface area contributed by atoms with Crippen LogP contribution in [-0.2, 0) is 6.42 Å². The second kappa shape index (κ2) is 3.72. The summed E-state index contributed by atoms with van der Waals surface area (Å²) < 4.78 is 5.04. The van der Waals surface area contributed by atoms with Crippen LogP contribution in [0.5, 0.6) is 0 Å². The molecule has 3 heteroatoms. The van der Waals surface area contributed by atoms with Crippen molar-refractivity contribution in [2.45, 2.75) is 39.7 Å². The number of rotatable bonds is 3. The van der Waals surface area contributed by atoms with E-state index in [1.165, 1.54) is 5.56 Å². The van der Waals surface area contributed by atoms with Crippen molar-refractivity contribution < 1.29 is 4.52 Å². The molecule has 0 bridgehead atoms. The molecule has 0 saturated heterocycles. The molecule has 1 atom stereocenters. The van der Waals surface area contributed by atoms with Crippen molar-refractivity contribution in [1.29, 1.82) is 0 Å². The summed E-state index contributed by atoms with van der Waals surface area (Å²) in [4.78, 5) is 0. The highest BCUT2D eigenvalue weighted by atomic mass is 16.5. The van der Waals surface area contributed by atoms with Crippen molar-refractivity contribution in [2.75, 3.05) is 0 Å². The zero-order valence-corrected chi connectivity index (χ0v) is 7.92. The zero-order valence-electron chi connectivity index (χ0n) is 7.92. The molecular weight excluding hydrogens is 152 g/mol. The number of nitrogens with zero attached hydrogens (tertiary/aromatic N) is 1. The monoisotopic (exact) mass is 168 g/mol. The Labute approximate surface area is 72.9 Å². The summed E-state index contributed by atoms with van der Waals surface area (Å²) in [6.07, 6.45) is 1.96. The van der Waals surface area contributed by atoms with Gasteiger partial charge in [0, 0.05) is 11.6 Å². The minimum absolute atomic E-state index is 0.249. The number of aryl methyl sites for hydroxylation is 2. The van der Waals surface area contributed by atoms with Crippen molar-refractivity contribution in [3.8, 4) is 0 Å². The van der Waals surface area contributed by atoms with E-state index in [9.17, 15) is 0 Å². The molecular formula is C9H16N2O. The maximum atomic E-state index is 5.66. The van der Waals surface area contributed by atoms with Crippen LogP contribution in [0, 0.1) is 13.8 Å². The third kappa shape index (κ3) is 2.08. The van der Waals surface area contributed by atoms with Crippen molar-refractivity contribution in [2.24, 2.45) is 5.73 Å². The molecule has 0 radical (unpaired) electrons. The average Bonchev–Trinajstić information content (AvgIpc) is 2.28. The minimum Gasteiger partial charge on any atom is -0.361 e. The highest BCUT2D eigenvalue weighted by molar-refractivity contribution is 5.20. The highest BCUT2D eigenvalue weighted by Gasteiger charge is 2.08. The molecule has 0 aliphatic rings. The van der Waals surface area contributed by atoms with Gasteiger partial charge in [0.2, 0.25) is 0 Å². The van der Waals surface area contributed by atoms with Crippen molar-refractivity contribution in [1.82, 2.24) is 5.16 Å². The molecule has 0 aromatic carbocycles. The van der Waals surface area contributed by atoms with Crippen molar-refractivity contribution in [3.05, 3.63) is 17.0 Å². The van der Waals surface area contributed by atoms with E-state index in [1.54, 1.807) is 0 Å². The average molecular weight is 168 g/mol. The predicted molar refractivity (Wildman–Crippen MR) is 47.9 cm³/mol. The predicted octanol–water partition coefficient (Wildman–Crippen LogP) is 1.57. The van der Waals surface area contributed by atoms with Crippen LogP contribution < -0.4 is 5.73 Å². The standard InChI is InChI=1S/C9H16N2O/c1-6(10)4-5-9-7(2)11-12-8(9)3/h6H,4-5,10H2,1-3H3. The van der Waals surface area contributed by atoms with Gasteiger partial charge >= 0.3 is 0 Å². The van der Waals surface area contributed by atoms with E-state index in [-0.39, 0.29) is 6.04 Å². The Morgan fingerprint density at radius 3 is 2.58 bits per heavy atom. The van der Waals surface area contributed by atoms with E-state index in [1.807, 2.05) is 20.8 Å². The van der Waals surface area contributed by atoms with Crippen LogP contribution >= 0.6 is 0 Å². The molecule has 12 heavy (non-hydrogen) atoms. The summed E-state index contributed by atoms with van der Waals surface area (Å²) in [6, 6.07) is 0.249. The number of aromatic nitrogens is 1. The summed E-state index contributed by atoms with van der Waals surface area (Å²) in [5.41, 5.74) is 7.87. The molecule has 1 aromatic heterocycles. The van der Waals surface area contributed by atoms with Gasteiger partial charge in [-0.3, -0.25) is 0 Å². The second-order valence-corrected chi connectivity index (χ2v) is 3.32. The third-order valence-electron chi connectivity index (χ3n) is 2.03. The lowest BCUT2D eigenvalue weighted by atomic mass is 10.1. The molecule has 0 amide bonds. The van der Waals surface area contributed by atoms with Crippen LogP contribution in [0.25, 0.3) is 0 Å². The topological polar surface area (TPSA) is 52.0 Å². The van der Waals surface area contributed by atoms with Gasteiger partial charge in [-0.05, 0) is 33.6 Å². The fraction of sp³-hybridized carbons (Fsp3) is 0.667. The molecule has 0 saturated carbocycles. The SMILES string of the molecule is Cc1noc(C)c1CCC(C)N. The molecule has 68 valence electrons. The second-order valence-electron chi connectivity index (χ2n) is 3.32. The van der Waals surface area contributed by atoms with Gasteiger partial charge in [-0.15, -0.1) is 0 Å². The maximum Gasteiger partial charge on any atom is 0.137 e. The lowest BCUT2D eigenvalue weighted by Gasteiger charge is -2.03. The molecule has 1 rings (SSSR count). The Kier molecular flexibility index (Phi) is 2.87. The quantitative estimate of drug-likeness (QED) is 0.745. The van der Waals surface area contributed by atoms with E-state index < -0.39 is 0 Å². The van der Waals surface area contributed by atoms with E-state index >= 15 is 0 Å². The molecule has 3 nitrogen and oxygen atoms in total. The molecule has 1 unspecified atom stereocenters. The summed E-state index contributed by atoms with van der Waals surface area (Å²) in [5.74, 6) is 0.924. The Hall–Kier alpha value is -0.830. The minimum atomic E-state index is 0.249. The lowest BCUT2D eigenvalue weighted by molar-refractivity contribution is 0.392. The first kappa shape index (κ1) is 9.26. The zero-order chi connectivity index (χ0) is 9.14. The first-order valence-corrected chi connectivity index (χ1v) is 4.28.